The summed E-state index contributed by atoms with van der Waals surface area (Å²) in [5.41, 5.74) is -0.457. The summed E-state index contributed by atoms with van der Waals surface area (Å²) in [6.45, 7) is 4.61. The third kappa shape index (κ3) is 4.12. The van der Waals surface area contributed by atoms with E-state index in [-0.39, 0.29) is 0 Å². The Morgan fingerprint density at radius 2 is 1.83 bits per heavy atom. The molecule has 2 aliphatic rings. The first-order valence-corrected chi connectivity index (χ1v) is 8.76. The zero-order valence-corrected chi connectivity index (χ0v) is 14.4. The van der Waals surface area contributed by atoms with Crippen LogP contribution in [-0.4, -0.2) is 72.4 Å². The molecule has 1 saturated carbocycles. The predicted octanol–water partition coefficient (Wildman–Crippen LogP) is 1.36. The number of rotatable bonds is 4. The fraction of sp³-hybridized carbons (Fsp3) is 0.765. The van der Waals surface area contributed by atoms with Gasteiger partial charge in [-0.25, -0.2) is 4.98 Å². The van der Waals surface area contributed by atoms with Crippen molar-refractivity contribution in [3.05, 3.63) is 12.3 Å². The Labute approximate surface area is 139 Å². The second kappa shape index (κ2) is 7.01. The number of hydrogen-bond acceptors (Lipinski definition) is 6. The number of anilines is 2. The highest BCUT2D eigenvalue weighted by Crippen LogP contribution is 2.29. The highest BCUT2D eigenvalue weighted by molar-refractivity contribution is 5.42. The van der Waals surface area contributed by atoms with Gasteiger partial charge < -0.3 is 14.9 Å². The molecule has 3 rings (SSSR count). The largest absolute Gasteiger partial charge is 0.389 e. The van der Waals surface area contributed by atoms with E-state index in [1.807, 2.05) is 31.3 Å². The predicted molar refractivity (Wildman–Crippen MR) is 93.0 cm³/mol. The van der Waals surface area contributed by atoms with Crippen LogP contribution < -0.4 is 9.80 Å². The van der Waals surface area contributed by atoms with Crippen molar-refractivity contribution in [2.45, 2.75) is 37.7 Å². The topological polar surface area (TPSA) is 55.7 Å². The summed E-state index contributed by atoms with van der Waals surface area (Å²) < 4.78 is 0. The number of aliphatic hydroxyl groups is 1. The normalized spacial score (nSPS) is 22.1. The van der Waals surface area contributed by atoms with Crippen LogP contribution in [0.1, 0.15) is 32.1 Å². The molecule has 6 heteroatoms. The number of β-amino-alcohol motifs (C(OH)–C–C–N with tert-alkyl or cyclic N) is 1. The van der Waals surface area contributed by atoms with Crippen molar-refractivity contribution in [1.82, 2.24) is 14.9 Å². The lowest BCUT2D eigenvalue weighted by Gasteiger charge is -2.41. The third-order valence-corrected chi connectivity index (χ3v) is 5.04. The van der Waals surface area contributed by atoms with Crippen LogP contribution in [0, 0.1) is 0 Å². The zero-order chi connectivity index (χ0) is 16.3. The summed E-state index contributed by atoms with van der Waals surface area (Å²) in [4.78, 5) is 15.7. The average molecular weight is 319 g/mol. The van der Waals surface area contributed by atoms with Crippen molar-refractivity contribution in [3.63, 3.8) is 0 Å². The molecule has 128 valence electrons. The Kier molecular flexibility index (Phi) is 5.02. The molecule has 1 aliphatic heterocycles. The van der Waals surface area contributed by atoms with Gasteiger partial charge in [-0.1, -0.05) is 19.3 Å². The first-order valence-electron chi connectivity index (χ1n) is 8.76. The van der Waals surface area contributed by atoms with Crippen LogP contribution in [0.15, 0.2) is 12.3 Å². The van der Waals surface area contributed by atoms with E-state index in [1.54, 1.807) is 0 Å². The molecule has 1 N–H and O–H groups in total. The van der Waals surface area contributed by atoms with E-state index < -0.39 is 5.60 Å². The molecule has 23 heavy (non-hydrogen) atoms. The molecular formula is C17H29N5O. The average Bonchev–Trinajstić information content (AvgIpc) is 2.56. The standard InChI is InChI=1S/C17H29N5O/c1-20(2)15-6-9-18-16(19-15)22-12-10-21(11-13-22)14-17(23)7-4-3-5-8-17/h6,9,23H,3-5,7-8,10-14H2,1-2H3. The van der Waals surface area contributed by atoms with Gasteiger partial charge in [0.1, 0.15) is 5.82 Å². The maximum atomic E-state index is 10.7. The van der Waals surface area contributed by atoms with Gasteiger partial charge in [-0.15, -0.1) is 0 Å². The van der Waals surface area contributed by atoms with Crippen LogP contribution in [0.5, 0.6) is 0 Å². The Hall–Kier alpha value is -1.40. The van der Waals surface area contributed by atoms with Crippen LogP contribution >= 0.6 is 0 Å². The summed E-state index contributed by atoms with van der Waals surface area (Å²) in [6.07, 6.45) is 7.36. The van der Waals surface area contributed by atoms with Crippen molar-refractivity contribution in [2.75, 3.05) is 56.6 Å². The van der Waals surface area contributed by atoms with Gasteiger partial charge >= 0.3 is 0 Å². The molecule has 0 atom stereocenters. The molecule has 6 nitrogen and oxygen atoms in total. The SMILES string of the molecule is CN(C)c1ccnc(N2CCN(CC3(O)CCCCC3)CC2)n1. The Morgan fingerprint density at radius 3 is 2.48 bits per heavy atom. The smallest absolute Gasteiger partial charge is 0.227 e. The Morgan fingerprint density at radius 1 is 1.13 bits per heavy atom. The lowest BCUT2D eigenvalue weighted by atomic mass is 9.84. The maximum Gasteiger partial charge on any atom is 0.227 e. The van der Waals surface area contributed by atoms with E-state index in [0.717, 1.165) is 57.3 Å². The van der Waals surface area contributed by atoms with Gasteiger partial charge in [0, 0.05) is 53.0 Å². The fourth-order valence-corrected chi connectivity index (χ4v) is 3.63. The quantitative estimate of drug-likeness (QED) is 0.904. The first kappa shape index (κ1) is 16.5. The third-order valence-electron chi connectivity index (χ3n) is 5.04. The van der Waals surface area contributed by atoms with Crippen molar-refractivity contribution < 1.29 is 5.11 Å². The molecule has 1 aliphatic carbocycles. The second-order valence-corrected chi connectivity index (χ2v) is 7.16. The summed E-state index contributed by atoms with van der Waals surface area (Å²) in [5, 5.41) is 10.7. The van der Waals surface area contributed by atoms with E-state index >= 15 is 0 Å². The Bertz CT molecular complexity index is 507. The molecule has 1 aromatic heterocycles. The first-order chi connectivity index (χ1) is 11.1. The molecule has 0 bridgehead atoms. The van der Waals surface area contributed by atoms with Gasteiger partial charge in [0.2, 0.25) is 5.95 Å². The molecule has 1 aromatic rings. The van der Waals surface area contributed by atoms with Gasteiger partial charge in [-0.3, -0.25) is 4.90 Å². The van der Waals surface area contributed by atoms with Gasteiger partial charge in [-0.2, -0.15) is 4.98 Å². The van der Waals surface area contributed by atoms with Gasteiger partial charge in [0.05, 0.1) is 5.60 Å². The van der Waals surface area contributed by atoms with E-state index in [0.29, 0.717) is 0 Å². The molecule has 2 fully saturated rings. The fourth-order valence-electron chi connectivity index (χ4n) is 3.63. The van der Waals surface area contributed by atoms with Gasteiger partial charge in [0.15, 0.2) is 0 Å². The van der Waals surface area contributed by atoms with E-state index in [2.05, 4.69) is 19.8 Å². The van der Waals surface area contributed by atoms with E-state index in [9.17, 15) is 5.11 Å². The summed E-state index contributed by atoms with van der Waals surface area (Å²) in [6, 6.07) is 1.93. The maximum absolute atomic E-state index is 10.7. The minimum atomic E-state index is -0.457. The van der Waals surface area contributed by atoms with Crippen LogP contribution in [0.2, 0.25) is 0 Å². The Balaban J connectivity index is 1.55. The number of aromatic nitrogens is 2. The summed E-state index contributed by atoms with van der Waals surface area (Å²) in [5.74, 6) is 1.75. The second-order valence-electron chi connectivity index (χ2n) is 7.16. The highest BCUT2D eigenvalue weighted by atomic mass is 16.3. The molecule has 0 spiro atoms. The van der Waals surface area contributed by atoms with Crippen LogP contribution in [0.3, 0.4) is 0 Å². The molecule has 0 radical (unpaired) electrons. The van der Waals surface area contributed by atoms with Crippen LogP contribution in [0.4, 0.5) is 11.8 Å². The molecular weight excluding hydrogens is 290 g/mol. The van der Waals surface area contributed by atoms with Crippen molar-refractivity contribution >= 4 is 11.8 Å². The van der Waals surface area contributed by atoms with Crippen molar-refractivity contribution in [1.29, 1.82) is 0 Å². The highest BCUT2D eigenvalue weighted by Gasteiger charge is 2.32. The van der Waals surface area contributed by atoms with Crippen LogP contribution in [0.25, 0.3) is 0 Å². The van der Waals surface area contributed by atoms with E-state index in [4.69, 9.17) is 0 Å². The van der Waals surface area contributed by atoms with Gasteiger partial charge in [0.25, 0.3) is 0 Å². The molecule has 0 unspecified atom stereocenters. The monoisotopic (exact) mass is 319 g/mol. The van der Waals surface area contributed by atoms with Crippen molar-refractivity contribution in [3.8, 4) is 0 Å². The number of piperazine rings is 1. The molecule has 0 amide bonds. The van der Waals surface area contributed by atoms with Gasteiger partial charge in [-0.05, 0) is 18.9 Å². The molecule has 2 heterocycles. The number of hydrogen-bond donors (Lipinski definition) is 1. The lowest BCUT2D eigenvalue weighted by Crippen LogP contribution is -2.52. The minimum absolute atomic E-state index is 0.457. The number of nitrogens with zero attached hydrogens (tertiary/aromatic N) is 5. The zero-order valence-electron chi connectivity index (χ0n) is 14.4. The molecule has 1 saturated heterocycles. The summed E-state index contributed by atoms with van der Waals surface area (Å²) >= 11 is 0. The molecule has 0 aromatic carbocycles. The minimum Gasteiger partial charge on any atom is -0.389 e. The van der Waals surface area contributed by atoms with E-state index in [1.165, 1.54) is 19.3 Å². The van der Waals surface area contributed by atoms with Crippen molar-refractivity contribution in [2.24, 2.45) is 0 Å². The van der Waals surface area contributed by atoms with Crippen LogP contribution in [-0.2, 0) is 0 Å². The summed E-state index contributed by atoms with van der Waals surface area (Å²) in [7, 11) is 3.99. The lowest BCUT2D eigenvalue weighted by molar-refractivity contribution is -0.0271.